The van der Waals surface area contributed by atoms with Crippen molar-refractivity contribution < 1.29 is 18.3 Å². The molecule has 4 rings (SSSR count). The van der Waals surface area contributed by atoms with Gasteiger partial charge in [-0.1, -0.05) is 30.0 Å². The Morgan fingerprint density at radius 3 is 2.87 bits per heavy atom. The Morgan fingerprint density at radius 2 is 2.13 bits per heavy atom. The van der Waals surface area contributed by atoms with Gasteiger partial charge in [0.2, 0.25) is 5.88 Å². The van der Waals surface area contributed by atoms with Crippen molar-refractivity contribution in [2.75, 3.05) is 26.6 Å². The number of aliphatic imine (C=N–C) groups is 1. The number of hydrogen-bond acceptors (Lipinski definition) is 6. The SMILES string of the molecule is COC/C=C/c1cnc(OC)c2c1C[C@H]1CSC(N)=N[C@@]1(c1ccc(F)cc1F)C2. The van der Waals surface area contributed by atoms with Crippen molar-refractivity contribution in [1.29, 1.82) is 0 Å². The van der Waals surface area contributed by atoms with Crippen molar-refractivity contribution in [3.05, 3.63) is 64.4 Å². The van der Waals surface area contributed by atoms with Gasteiger partial charge in [0, 0.05) is 48.6 Å². The number of amidine groups is 1. The van der Waals surface area contributed by atoms with Crippen LogP contribution in [0.3, 0.4) is 0 Å². The van der Waals surface area contributed by atoms with E-state index in [-0.39, 0.29) is 5.92 Å². The van der Waals surface area contributed by atoms with Crippen LogP contribution in [0.1, 0.15) is 22.3 Å². The molecule has 2 aliphatic rings. The van der Waals surface area contributed by atoms with E-state index in [0.29, 0.717) is 41.8 Å². The quantitative estimate of drug-likeness (QED) is 0.782. The van der Waals surface area contributed by atoms with Gasteiger partial charge >= 0.3 is 0 Å². The summed E-state index contributed by atoms with van der Waals surface area (Å²) in [7, 11) is 3.20. The maximum absolute atomic E-state index is 14.9. The van der Waals surface area contributed by atoms with Gasteiger partial charge in [0.1, 0.15) is 11.6 Å². The summed E-state index contributed by atoms with van der Waals surface area (Å²) in [5, 5.41) is 0.404. The summed E-state index contributed by atoms with van der Waals surface area (Å²) >= 11 is 1.46. The Bertz CT molecular complexity index is 1030. The summed E-state index contributed by atoms with van der Waals surface area (Å²) in [6, 6.07) is 3.66. The Hall–Kier alpha value is -2.45. The third-order valence-corrected chi connectivity index (χ3v) is 6.71. The molecule has 0 radical (unpaired) electrons. The molecule has 2 N–H and O–H groups in total. The van der Waals surface area contributed by atoms with Gasteiger partial charge in [0.25, 0.3) is 0 Å². The highest BCUT2D eigenvalue weighted by Crippen LogP contribution is 2.50. The number of fused-ring (bicyclic) bond motifs is 2. The minimum Gasteiger partial charge on any atom is -0.481 e. The Labute approximate surface area is 178 Å². The number of hydrogen-bond donors (Lipinski definition) is 1. The summed E-state index contributed by atoms with van der Waals surface area (Å²) in [4.78, 5) is 9.20. The van der Waals surface area contributed by atoms with Crippen molar-refractivity contribution in [3.8, 4) is 5.88 Å². The molecule has 158 valence electrons. The number of nitrogens with zero attached hydrogens (tertiary/aromatic N) is 2. The molecule has 0 saturated heterocycles. The number of pyridine rings is 1. The third-order valence-electron chi connectivity index (χ3n) is 5.76. The van der Waals surface area contributed by atoms with E-state index in [0.717, 1.165) is 22.8 Å². The third kappa shape index (κ3) is 3.58. The van der Waals surface area contributed by atoms with Crippen LogP contribution in [0.25, 0.3) is 6.08 Å². The number of thioether (sulfide) groups is 1. The zero-order valence-corrected chi connectivity index (χ0v) is 17.6. The van der Waals surface area contributed by atoms with Gasteiger partial charge in [-0.05, 0) is 23.6 Å². The fourth-order valence-electron chi connectivity index (χ4n) is 4.39. The molecule has 2 aromatic rings. The van der Waals surface area contributed by atoms with Crippen LogP contribution in [0, 0.1) is 17.6 Å². The van der Waals surface area contributed by atoms with Crippen molar-refractivity contribution in [2.24, 2.45) is 16.6 Å². The molecule has 0 unspecified atom stereocenters. The molecule has 30 heavy (non-hydrogen) atoms. The highest BCUT2D eigenvalue weighted by atomic mass is 32.2. The lowest BCUT2D eigenvalue weighted by Gasteiger charge is -2.45. The van der Waals surface area contributed by atoms with Gasteiger partial charge in [-0.25, -0.2) is 13.8 Å². The largest absolute Gasteiger partial charge is 0.481 e. The van der Waals surface area contributed by atoms with Gasteiger partial charge < -0.3 is 15.2 Å². The first-order valence-electron chi connectivity index (χ1n) is 9.62. The highest BCUT2D eigenvalue weighted by Gasteiger charge is 2.49. The number of methoxy groups -OCH3 is 2. The highest BCUT2D eigenvalue weighted by molar-refractivity contribution is 8.13. The average Bonchev–Trinajstić information content (AvgIpc) is 2.72. The average molecular weight is 432 g/mol. The molecule has 8 heteroatoms. The summed E-state index contributed by atoms with van der Waals surface area (Å²) in [5.41, 5.74) is 8.47. The molecule has 1 aliphatic heterocycles. The lowest BCUT2D eigenvalue weighted by Crippen LogP contribution is -2.46. The van der Waals surface area contributed by atoms with Crippen molar-refractivity contribution in [2.45, 2.75) is 18.4 Å². The second-order valence-corrected chi connectivity index (χ2v) is 8.47. The second kappa shape index (κ2) is 8.35. The van der Waals surface area contributed by atoms with Crippen molar-refractivity contribution >= 4 is 23.0 Å². The van der Waals surface area contributed by atoms with Crippen LogP contribution in [-0.4, -0.2) is 36.7 Å². The normalized spacial score (nSPS) is 23.1. The number of aromatic nitrogens is 1. The van der Waals surface area contributed by atoms with Crippen LogP contribution in [-0.2, 0) is 23.1 Å². The summed E-state index contributed by atoms with van der Waals surface area (Å²) in [6.45, 7) is 0.492. The molecule has 2 atom stereocenters. The first-order valence-corrected chi connectivity index (χ1v) is 10.6. The van der Waals surface area contributed by atoms with E-state index in [2.05, 4.69) is 4.98 Å². The zero-order chi connectivity index (χ0) is 21.3. The maximum atomic E-state index is 14.9. The number of halogens is 2. The molecule has 0 spiro atoms. The summed E-state index contributed by atoms with van der Waals surface area (Å²) < 4.78 is 39.2. The van der Waals surface area contributed by atoms with Gasteiger partial charge in [0.15, 0.2) is 5.17 Å². The molecule has 2 heterocycles. The van der Waals surface area contributed by atoms with E-state index in [4.69, 9.17) is 20.2 Å². The van der Waals surface area contributed by atoms with Crippen LogP contribution in [0.15, 0.2) is 35.5 Å². The maximum Gasteiger partial charge on any atom is 0.216 e. The topological polar surface area (TPSA) is 69.7 Å². The molecule has 0 amide bonds. The van der Waals surface area contributed by atoms with Crippen LogP contribution >= 0.6 is 11.8 Å². The molecule has 0 saturated carbocycles. The smallest absolute Gasteiger partial charge is 0.216 e. The monoisotopic (exact) mass is 431 g/mol. The first-order chi connectivity index (χ1) is 14.5. The van der Waals surface area contributed by atoms with E-state index >= 15 is 0 Å². The van der Waals surface area contributed by atoms with Crippen molar-refractivity contribution in [1.82, 2.24) is 4.98 Å². The minimum atomic E-state index is -0.927. The number of ether oxygens (including phenoxy) is 2. The van der Waals surface area contributed by atoms with Crippen LogP contribution < -0.4 is 10.5 Å². The fraction of sp³-hybridized carbons (Fsp3) is 0.364. The predicted molar refractivity (Wildman–Crippen MR) is 115 cm³/mol. The zero-order valence-electron chi connectivity index (χ0n) is 16.8. The Kier molecular flexibility index (Phi) is 5.79. The van der Waals surface area contributed by atoms with Gasteiger partial charge in [-0.15, -0.1) is 0 Å². The van der Waals surface area contributed by atoms with Gasteiger partial charge in [-0.3, -0.25) is 4.99 Å². The molecular weight excluding hydrogens is 408 g/mol. The van der Waals surface area contributed by atoms with E-state index < -0.39 is 17.2 Å². The predicted octanol–water partition coefficient (Wildman–Crippen LogP) is 3.70. The van der Waals surface area contributed by atoms with Gasteiger partial charge in [0.05, 0.1) is 19.3 Å². The van der Waals surface area contributed by atoms with Crippen LogP contribution in [0.2, 0.25) is 0 Å². The molecule has 1 aliphatic carbocycles. The molecule has 1 aromatic heterocycles. The molecule has 5 nitrogen and oxygen atoms in total. The van der Waals surface area contributed by atoms with Crippen molar-refractivity contribution in [3.63, 3.8) is 0 Å². The summed E-state index contributed by atoms with van der Waals surface area (Å²) in [5.74, 6) is -0.0650. The molecule has 1 aromatic carbocycles. The number of rotatable bonds is 5. The standard InChI is InChI=1S/C22H23F2N3O2S/c1-28-7-3-4-13-11-26-20(29-2)17-10-22(18-6-5-15(23)9-19(18)24)14(8-16(13)17)12-30-21(25)27-22/h3-6,9,11,14H,7-8,10,12H2,1-2H3,(H2,25,27)/b4-3+/t14-,22-/m0/s1. The van der Waals surface area contributed by atoms with Crippen LogP contribution in [0.5, 0.6) is 5.88 Å². The van der Waals surface area contributed by atoms with Gasteiger partial charge in [-0.2, -0.15) is 0 Å². The fourth-order valence-corrected chi connectivity index (χ4v) is 5.38. The van der Waals surface area contributed by atoms with E-state index in [1.165, 1.54) is 23.9 Å². The Balaban J connectivity index is 1.89. The molecule has 0 bridgehead atoms. The second-order valence-electron chi connectivity index (χ2n) is 7.42. The van der Waals surface area contributed by atoms with E-state index in [9.17, 15) is 8.78 Å². The molecular formula is C22H23F2N3O2S. The number of nitrogens with two attached hydrogens (primary N) is 1. The summed E-state index contributed by atoms with van der Waals surface area (Å²) in [6.07, 6.45) is 6.72. The lowest BCUT2D eigenvalue weighted by atomic mass is 9.67. The lowest BCUT2D eigenvalue weighted by molar-refractivity contribution is 0.234. The first kappa shape index (κ1) is 20.8. The van der Waals surface area contributed by atoms with Crippen LogP contribution in [0.4, 0.5) is 8.78 Å². The Morgan fingerprint density at radius 1 is 1.30 bits per heavy atom. The minimum absolute atomic E-state index is 0.0102. The van der Waals surface area contributed by atoms with E-state index in [1.54, 1.807) is 20.4 Å². The molecule has 0 fully saturated rings. The van der Waals surface area contributed by atoms with E-state index in [1.807, 2.05) is 12.2 Å². The number of benzene rings is 1.